The Labute approximate surface area is 451 Å². The minimum absolute atomic E-state index is 0.0163. The SMILES string of the molecule is COc1cc2c(cc1OC(C)C)[C@H](c1ccc(Cl)cc1)N(c1ccc(N(C)C[C@H]3CC[C@H](N4CCN(CCOCCOCCOCC(=O)Nc5cccc6c5CN(C5CCC(=O)NC5=O)C6=O)CC4)CC3)cc1)C(=O)C2. The molecule has 2 atom stereocenters. The van der Waals surface area contributed by atoms with Gasteiger partial charge in [0.25, 0.3) is 5.91 Å². The van der Waals surface area contributed by atoms with Gasteiger partial charge in [-0.2, -0.15) is 0 Å². The molecule has 1 unspecified atom stereocenters. The number of ether oxygens (including phenoxy) is 5. The zero-order chi connectivity index (χ0) is 53.3. The summed E-state index contributed by atoms with van der Waals surface area (Å²) in [6.07, 6.45) is 5.49. The molecule has 18 heteroatoms. The molecule has 4 aromatic rings. The second-order valence-electron chi connectivity index (χ2n) is 20.8. The van der Waals surface area contributed by atoms with E-state index in [2.05, 4.69) is 56.6 Å². The Kier molecular flexibility index (Phi) is 18.3. The van der Waals surface area contributed by atoms with Gasteiger partial charge in [-0.25, -0.2) is 0 Å². The van der Waals surface area contributed by atoms with Gasteiger partial charge in [0.2, 0.25) is 23.6 Å². The number of anilines is 3. The van der Waals surface area contributed by atoms with E-state index in [1.54, 1.807) is 25.3 Å². The Balaban J connectivity index is 0.638. The van der Waals surface area contributed by atoms with E-state index in [-0.39, 0.29) is 74.8 Å². The number of hydrogen-bond acceptors (Lipinski definition) is 13. The van der Waals surface area contributed by atoms with Crippen LogP contribution in [-0.2, 0) is 46.4 Å². The maximum atomic E-state index is 14.1. The summed E-state index contributed by atoms with van der Waals surface area (Å²) in [7, 11) is 3.80. The van der Waals surface area contributed by atoms with E-state index in [0.29, 0.717) is 71.7 Å². The predicted molar refractivity (Wildman–Crippen MR) is 290 cm³/mol. The first-order valence-electron chi connectivity index (χ1n) is 26.9. The van der Waals surface area contributed by atoms with Crippen LogP contribution < -0.4 is 29.9 Å². The zero-order valence-corrected chi connectivity index (χ0v) is 45.0. The van der Waals surface area contributed by atoms with E-state index in [1.165, 1.54) is 30.6 Å². The van der Waals surface area contributed by atoms with Crippen molar-refractivity contribution in [1.29, 1.82) is 0 Å². The highest BCUT2D eigenvalue weighted by molar-refractivity contribution is 6.30. The normalized spacial score (nSPS) is 21.1. The van der Waals surface area contributed by atoms with Crippen LogP contribution in [0.5, 0.6) is 11.5 Å². The molecule has 0 bridgehead atoms. The molecule has 1 saturated carbocycles. The lowest BCUT2D eigenvalue weighted by Gasteiger charge is -2.42. The number of methoxy groups -OCH3 is 1. The number of piperazine rings is 1. The van der Waals surface area contributed by atoms with Crippen LogP contribution in [0.3, 0.4) is 0 Å². The Hall–Kier alpha value is -6.08. The second kappa shape index (κ2) is 25.4. The molecule has 1 aliphatic carbocycles. The van der Waals surface area contributed by atoms with Gasteiger partial charge in [0.15, 0.2) is 11.5 Å². The number of hydrogen-bond donors (Lipinski definition) is 2. The third kappa shape index (κ3) is 13.2. The van der Waals surface area contributed by atoms with E-state index in [4.69, 9.17) is 35.3 Å². The number of fused-ring (bicyclic) bond motifs is 2. The maximum absolute atomic E-state index is 14.1. The molecule has 2 saturated heterocycles. The van der Waals surface area contributed by atoms with Crippen molar-refractivity contribution in [2.45, 2.75) is 89.6 Å². The van der Waals surface area contributed by atoms with Crippen LogP contribution in [0.4, 0.5) is 17.1 Å². The van der Waals surface area contributed by atoms with Crippen LogP contribution in [0, 0.1) is 5.92 Å². The first kappa shape index (κ1) is 54.7. The molecule has 9 rings (SSSR count). The lowest BCUT2D eigenvalue weighted by atomic mass is 9.84. The highest BCUT2D eigenvalue weighted by atomic mass is 35.5. The molecule has 0 spiro atoms. The van der Waals surface area contributed by atoms with Gasteiger partial charge in [0.1, 0.15) is 12.6 Å². The quantitative estimate of drug-likeness (QED) is 0.0618. The summed E-state index contributed by atoms with van der Waals surface area (Å²) in [4.78, 5) is 74.8. The Morgan fingerprint density at radius 1 is 0.829 bits per heavy atom. The number of nitrogens with one attached hydrogen (secondary N) is 2. The molecule has 3 fully saturated rings. The van der Waals surface area contributed by atoms with Gasteiger partial charge < -0.3 is 43.7 Å². The smallest absolute Gasteiger partial charge is 0.255 e. The number of rotatable bonds is 22. The summed E-state index contributed by atoms with van der Waals surface area (Å²) in [5, 5.41) is 5.77. The van der Waals surface area contributed by atoms with Crippen LogP contribution in [-0.4, -0.2) is 155 Å². The molecular weight excluding hydrogens is 990 g/mol. The summed E-state index contributed by atoms with van der Waals surface area (Å²) in [5.74, 6) is 0.425. The van der Waals surface area contributed by atoms with Gasteiger partial charge in [-0.1, -0.05) is 29.8 Å². The summed E-state index contributed by atoms with van der Waals surface area (Å²) in [6, 6.07) is 24.8. The molecule has 5 amide bonds. The first-order valence-corrected chi connectivity index (χ1v) is 27.2. The number of halogens is 1. The van der Waals surface area contributed by atoms with E-state index >= 15 is 0 Å². The molecule has 5 aliphatic rings. The highest BCUT2D eigenvalue weighted by Crippen LogP contribution is 2.44. The largest absolute Gasteiger partial charge is 0.493 e. The maximum Gasteiger partial charge on any atom is 0.255 e. The molecule has 76 heavy (non-hydrogen) atoms. The monoisotopic (exact) mass is 1060 g/mol. The summed E-state index contributed by atoms with van der Waals surface area (Å²) in [5.41, 5.74) is 6.42. The average Bonchev–Trinajstić information content (AvgIpc) is 3.79. The third-order valence-corrected chi connectivity index (χ3v) is 15.6. The minimum atomic E-state index is -0.729. The van der Waals surface area contributed by atoms with Gasteiger partial charge in [-0.3, -0.25) is 39.1 Å². The van der Waals surface area contributed by atoms with Gasteiger partial charge in [-0.05, 0) is 129 Å². The first-order chi connectivity index (χ1) is 36.8. The minimum Gasteiger partial charge on any atom is -0.493 e. The fraction of sp³-hybridized carbons (Fsp3) is 0.500. The number of carbonyl (C=O) groups is 5. The highest BCUT2D eigenvalue weighted by Gasteiger charge is 2.41. The number of imide groups is 1. The van der Waals surface area contributed by atoms with E-state index in [1.807, 2.05) is 55.1 Å². The van der Waals surface area contributed by atoms with Crippen molar-refractivity contribution in [3.63, 3.8) is 0 Å². The van der Waals surface area contributed by atoms with Crippen molar-refractivity contribution in [2.75, 3.05) is 108 Å². The lowest BCUT2D eigenvalue weighted by molar-refractivity contribution is -0.137. The topological polar surface area (TPSA) is 172 Å². The van der Waals surface area contributed by atoms with Crippen LogP contribution >= 0.6 is 11.6 Å². The van der Waals surface area contributed by atoms with Crippen LogP contribution in [0.2, 0.25) is 5.02 Å². The Bertz CT molecular complexity index is 2690. The van der Waals surface area contributed by atoms with Crippen LogP contribution in [0.25, 0.3) is 0 Å². The van der Waals surface area contributed by atoms with Crippen molar-refractivity contribution in [1.82, 2.24) is 20.0 Å². The Morgan fingerprint density at radius 3 is 2.24 bits per heavy atom. The number of benzene rings is 4. The van der Waals surface area contributed by atoms with Gasteiger partial charge in [0.05, 0.1) is 58.7 Å². The zero-order valence-electron chi connectivity index (χ0n) is 44.2. The van der Waals surface area contributed by atoms with Crippen molar-refractivity contribution in [3.05, 3.63) is 112 Å². The van der Waals surface area contributed by atoms with E-state index < -0.39 is 11.9 Å². The molecule has 4 aliphatic heterocycles. The fourth-order valence-corrected chi connectivity index (χ4v) is 11.5. The number of nitrogens with zero attached hydrogens (tertiary/aromatic N) is 5. The fourth-order valence-electron chi connectivity index (χ4n) is 11.4. The van der Waals surface area contributed by atoms with Crippen molar-refractivity contribution in [3.8, 4) is 11.5 Å². The predicted octanol–water partition coefficient (Wildman–Crippen LogP) is 6.88. The molecule has 0 radical (unpaired) electrons. The standard InChI is InChI=1S/C58H72ClN7O10/c1-38(2)76-52-34-47-41(32-51(52)72-4)33-55(69)66(56(47)40-10-12-42(59)13-11-40)45-18-16-43(17-19-45)62(3)35-39-8-14-44(15-9-39)64-24-22-63(23-25-64)26-27-73-28-29-74-30-31-75-37-54(68)60-49-7-5-6-46-48(49)36-65(58(46)71)50-20-21-53(67)61-57(50)70/h5-7,10-13,16-19,32,34,38-39,44,50,56H,8-9,14-15,20-31,33,35-37H2,1-4H3,(H,60,68)(H,61,67,70)/t39-,44-,50?,56-/m0/s1. The molecule has 17 nitrogen and oxygen atoms in total. The van der Waals surface area contributed by atoms with Crippen molar-refractivity contribution in [2.24, 2.45) is 5.92 Å². The van der Waals surface area contributed by atoms with E-state index in [9.17, 15) is 24.0 Å². The molecule has 0 aromatic heterocycles. The molecule has 4 heterocycles. The summed E-state index contributed by atoms with van der Waals surface area (Å²) in [6.45, 7) is 12.2. The number of amides is 5. The van der Waals surface area contributed by atoms with Gasteiger partial charge in [0, 0.05) is 98.5 Å². The molecule has 4 aromatic carbocycles. The summed E-state index contributed by atoms with van der Waals surface area (Å²) < 4.78 is 29.0. The summed E-state index contributed by atoms with van der Waals surface area (Å²) >= 11 is 6.34. The molecule has 406 valence electrons. The third-order valence-electron chi connectivity index (χ3n) is 15.4. The van der Waals surface area contributed by atoms with Gasteiger partial charge in [-0.15, -0.1) is 0 Å². The second-order valence-corrected chi connectivity index (χ2v) is 21.2. The lowest BCUT2D eigenvalue weighted by Crippen LogP contribution is -2.52. The van der Waals surface area contributed by atoms with Crippen molar-refractivity contribution >= 4 is 58.2 Å². The average molecular weight is 1060 g/mol. The number of piperidine rings is 1. The molecule has 2 N–H and O–H groups in total. The Morgan fingerprint density at radius 2 is 1.54 bits per heavy atom. The van der Waals surface area contributed by atoms with Crippen LogP contribution in [0.15, 0.2) is 78.9 Å². The van der Waals surface area contributed by atoms with Crippen LogP contribution in [0.1, 0.15) is 91.0 Å². The van der Waals surface area contributed by atoms with E-state index in [0.717, 1.165) is 67.3 Å². The van der Waals surface area contributed by atoms with Gasteiger partial charge >= 0.3 is 0 Å². The molecular formula is C58H72ClN7O10. The number of carbonyl (C=O) groups excluding carboxylic acids is 5. The van der Waals surface area contributed by atoms with Crippen molar-refractivity contribution < 1.29 is 47.7 Å².